The molecule has 0 aliphatic carbocycles. The Morgan fingerprint density at radius 2 is 1.31 bits per heavy atom. The standard InChI is InChI=1S/C30H22N6/c31-17-19-35-22-23(20-33-35)27-16-18-32-29-28(27)21-34-36(29)30(24-10-4-1-5-11-24,25-12-6-2-7-13-25)26-14-8-3-9-15-26/h1-16,18,20-22H,19H2. The summed E-state index contributed by atoms with van der Waals surface area (Å²) in [6.45, 7) is 0.201. The maximum Gasteiger partial charge on any atom is 0.159 e. The van der Waals surface area contributed by atoms with Gasteiger partial charge in [-0.2, -0.15) is 15.5 Å². The Balaban J connectivity index is 1.68. The Morgan fingerprint density at radius 3 is 1.86 bits per heavy atom. The summed E-state index contributed by atoms with van der Waals surface area (Å²) in [7, 11) is 0. The van der Waals surface area contributed by atoms with Crippen molar-refractivity contribution in [3.63, 3.8) is 0 Å². The number of rotatable bonds is 6. The minimum atomic E-state index is -0.748. The summed E-state index contributed by atoms with van der Waals surface area (Å²) in [4.78, 5) is 4.83. The van der Waals surface area contributed by atoms with Gasteiger partial charge in [-0.25, -0.2) is 9.67 Å². The Bertz CT molecular complexity index is 1560. The van der Waals surface area contributed by atoms with Crippen LogP contribution >= 0.6 is 0 Å². The third-order valence-corrected chi connectivity index (χ3v) is 6.54. The summed E-state index contributed by atoms with van der Waals surface area (Å²) in [5, 5.41) is 19.3. The van der Waals surface area contributed by atoms with Gasteiger partial charge in [-0.3, -0.25) is 4.68 Å². The molecule has 0 spiro atoms. The van der Waals surface area contributed by atoms with Gasteiger partial charge in [0.25, 0.3) is 0 Å². The third-order valence-electron chi connectivity index (χ3n) is 6.54. The van der Waals surface area contributed by atoms with E-state index in [2.05, 4.69) is 84.0 Å². The first-order chi connectivity index (χ1) is 17.8. The van der Waals surface area contributed by atoms with E-state index in [1.807, 2.05) is 47.5 Å². The summed E-state index contributed by atoms with van der Waals surface area (Å²) < 4.78 is 3.67. The number of hydrogen-bond acceptors (Lipinski definition) is 4. The number of pyridine rings is 1. The Labute approximate surface area is 208 Å². The lowest BCUT2D eigenvalue weighted by Gasteiger charge is -2.36. The molecule has 0 radical (unpaired) electrons. The van der Waals surface area contributed by atoms with E-state index < -0.39 is 5.54 Å². The molecule has 0 N–H and O–H groups in total. The molecule has 0 fully saturated rings. The van der Waals surface area contributed by atoms with E-state index in [1.54, 1.807) is 10.9 Å². The van der Waals surface area contributed by atoms with Crippen molar-refractivity contribution < 1.29 is 0 Å². The molecule has 3 aromatic heterocycles. The molecule has 0 saturated carbocycles. The molecule has 36 heavy (non-hydrogen) atoms. The highest BCUT2D eigenvalue weighted by Gasteiger charge is 2.40. The van der Waals surface area contributed by atoms with Gasteiger partial charge in [0.15, 0.2) is 5.65 Å². The molecule has 172 valence electrons. The van der Waals surface area contributed by atoms with Gasteiger partial charge in [0.2, 0.25) is 0 Å². The first kappa shape index (κ1) is 21.5. The van der Waals surface area contributed by atoms with Gasteiger partial charge in [0, 0.05) is 23.3 Å². The van der Waals surface area contributed by atoms with Crippen LogP contribution in [-0.4, -0.2) is 24.5 Å². The maximum atomic E-state index is 9.05. The van der Waals surface area contributed by atoms with E-state index >= 15 is 0 Å². The van der Waals surface area contributed by atoms with E-state index in [-0.39, 0.29) is 6.54 Å². The normalized spacial score (nSPS) is 11.4. The maximum absolute atomic E-state index is 9.05. The van der Waals surface area contributed by atoms with Crippen LogP contribution in [0.4, 0.5) is 0 Å². The van der Waals surface area contributed by atoms with E-state index in [9.17, 15) is 0 Å². The van der Waals surface area contributed by atoms with Crippen LogP contribution in [0.5, 0.6) is 0 Å². The molecule has 6 heteroatoms. The highest BCUT2D eigenvalue weighted by molar-refractivity contribution is 5.92. The SMILES string of the molecule is N#CCn1cc(-c2ccnc3c2cnn3C(c2ccccc2)(c2ccccc2)c2ccccc2)cn1. The van der Waals surface area contributed by atoms with E-state index in [4.69, 9.17) is 15.3 Å². The van der Waals surface area contributed by atoms with Crippen molar-refractivity contribution >= 4 is 11.0 Å². The van der Waals surface area contributed by atoms with Crippen molar-refractivity contribution in [3.05, 3.63) is 139 Å². The van der Waals surface area contributed by atoms with E-state index in [1.165, 1.54) is 0 Å². The molecule has 3 aromatic carbocycles. The molecule has 6 rings (SSSR count). The Hall–Kier alpha value is -5.02. The van der Waals surface area contributed by atoms with Gasteiger partial charge in [0.05, 0.1) is 18.5 Å². The van der Waals surface area contributed by atoms with Crippen LogP contribution < -0.4 is 0 Å². The van der Waals surface area contributed by atoms with Crippen LogP contribution in [0.15, 0.2) is 122 Å². The zero-order valence-corrected chi connectivity index (χ0v) is 19.4. The quantitative estimate of drug-likeness (QED) is 0.297. The van der Waals surface area contributed by atoms with E-state index in [0.29, 0.717) is 0 Å². The summed E-state index contributed by atoms with van der Waals surface area (Å²) >= 11 is 0. The molecule has 0 aliphatic heterocycles. The van der Waals surface area contributed by atoms with Gasteiger partial charge in [-0.1, -0.05) is 91.0 Å². The Morgan fingerprint density at radius 1 is 0.722 bits per heavy atom. The zero-order chi connectivity index (χ0) is 24.4. The fourth-order valence-electron chi connectivity index (χ4n) is 4.99. The van der Waals surface area contributed by atoms with Crippen molar-refractivity contribution in [3.8, 4) is 17.2 Å². The van der Waals surface area contributed by atoms with Crippen molar-refractivity contribution in [1.29, 1.82) is 5.26 Å². The molecule has 6 aromatic rings. The molecule has 0 saturated heterocycles. The van der Waals surface area contributed by atoms with Crippen molar-refractivity contribution in [2.75, 3.05) is 0 Å². The van der Waals surface area contributed by atoms with Gasteiger partial charge in [0.1, 0.15) is 12.1 Å². The second kappa shape index (κ2) is 8.97. The van der Waals surface area contributed by atoms with E-state index in [0.717, 1.165) is 38.9 Å². The highest BCUT2D eigenvalue weighted by atomic mass is 15.3. The van der Waals surface area contributed by atoms with Crippen LogP contribution in [0.25, 0.3) is 22.2 Å². The van der Waals surface area contributed by atoms with Gasteiger partial charge in [-0.15, -0.1) is 0 Å². The lowest BCUT2D eigenvalue weighted by Crippen LogP contribution is -2.38. The first-order valence-corrected chi connectivity index (χ1v) is 11.7. The largest absolute Gasteiger partial charge is 0.258 e. The van der Waals surface area contributed by atoms with Crippen molar-refractivity contribution in [2.24, 2.45) is 0 Å². The van der Waals surface area contributed by atoms with Crippen LogP contribution in [0.2, 0.25) is 0 Å². The monoisotopic (exact) mass is 466 g/mol. The van der Waals surface area contributed by atoms with Gasteiger partial charge < -0.3 is 0 Å². The molecule has 6 nitrogen and oxygen atoms in total. The predicted molar refractivity (Wildman–Crippen MR) is 139 cm³/mol. The number of benzene rings is 3. The summed E-state index contributed by atoms with van der Waals surface area (Å²) in [6.07, 6.45) is 7.35. The molecule has 0 amide bonds. The summed E-state index contributed by atoms with van der Waals surface area (Å²) in [6, 6.07) is 35.4. The minimum Gasteiger partial charge on any atom is -0.258 e. The summed E-state index contributed by atoms with van der Waals surface area (Å²) in [5.41, 5.74) is 5.16. The molecular formula is C30H22N6. The topological polar surface area (TPSA) is 72.3 Å². The van der Waals surface area contributed by atoms with Crippen molar-refractivity contribution in [2.45, 2.75) is 12.1 Å². The van der Waals surface area contributed by atoms with Crippen LogP contribution in [-0.2, 0) is 12.1 Å². The number of fused-ring (bicyclic) bond motifs is 1. The van der Waals surface area contributed by atoms with Crippen LogP contribution in [0, 0.1) is 11.3 Å². The van der Waals surface area contributed by atoms with Gasteiger partial charge in [-0.05, 0) is 28.3 Å². The summed E-state index contributed by atoms with van der Waals surface area (Å²) in [5.74, 6) is 0. The number of hydrogen-bond donors (Lipinski definition) is 0. The molecule has 0 atom stereocenters. The molecule has 3 heterocycles. The molecule has 0 bridgehead atoms. The zero-order valence-electron chi connectivity index (χ0n) is 19.4. The fraction of sp³-hybridized carbons (Fsp3) is 0.0667. The lowest BCUT2D eigenvalue weighted by atomic mass is 9.77. The van der Waals surface area contributed by atoms with Crippen LogP contribution in [0.3, 0.4) is 0 Å². The van der Waals surface area contributed by atoms with Gasteiger partial charge >= 0.3 is 0 Å². The van der Waals surface area contributed by atoms with Crippen molar-refractivity contribution in [1.82, 2.24) is 24.5 Å². The minimum absolute atomic E-state index is 0.201. The average molecular weight is 467 g/mol. The second-order valence-electron chi connectivity index (χ2n) is 8.55. The third kappa shape index (κ3) is 3.38. The lowest BCUT2D eigenvalue weighted by molar-refractivity contribution is 0.472. The fourth-order valence-corrected chi connectivity index (χ4v) is 4.99. The molecule has 0 aliphatic rings. The van der Waals surface area contributed by atoms with Crippen LogP contribution in [0.1, 0.15) is 16.7 Å². The number of aromatic nitrogens is 5. The highest BCUT2D eigenvalue weighted by Crippen LogP contribution is 2.42. The Kier molecular flexibility index (Phi) is 5.36. The molecule has 0 unspecified atom stereocenters. The smallest absolute Gasteiger partial charge is 0.159 e. The molecular weight excluding hydrogens is 444 g/mol. The average Bonchev–Trinajstić information content (AvgIpc) is 3.59. The second-order valence-corrected chi connectivity index (χ2v) is 8.55. The first-order valence-electron chi connectivity index (χ1n) is 11.7. The number of nitriles is 1. The number of nitrogens with zero attached hydrogens (tertiary/aromatic N) is 6. The predicted octanol–water partition coefficient (Wildman–Crippen LogP) is 5.66.